The molecule has 0 aromatic heterocycles. The highest BCUT2D eigenvalue weighted by atomic mass is 32.2. The molecule has 0 atom stereocenters. The topological polar surface area (TPSA) is 69.6 Å². The molecule has 1 fully saturated rings. The summed E-state index contributed by atoms with van der Waals surface area (Å²) in [5.41, 5.74) is 0. The fourth-order valence-electron chi connectivity index (χ4n) is 1.00. The van der Waals surface area contributed by atoms with E-state index in [1.807, 2.05) is 0 Å². The maximum atomic E-state index is 11.2. The summed E-state index contributed by atoms with van der Waals surface area (Å²) in [5.74, 6) is 0. The Morgan fingerprint density at radius 3 is 2.25 bits per heavy atom. The van der Waals surface area contributed by atoms with Crippen LogP contribution < -0.4 is 4.72 Å². The van der Waals surface area contributed by atoms with E-state index >= 15 is 0 Å². The first-order valence-corrected chi connectivity index (χ1v) is 5.23. The first kappa shape index (κ1) is 9.91. The van der Waals surface area contributed by atoms with Gasteiger partial charge in [-0.15, -0.1) is 0 Å². The number of aliphatic hydroxyl groups excluding tert-OH is 1. The second kappa shape index (κ2) is 3.29. The lowest BCUT2D eigenvalue weighted by Gasteiger charge is -2.32. The number of hydrogen-bond donors (Lipinski definition) is 2. The lowest BCUT2D eigenvalue weighted by Crippen LogP contribution is -2.50. The fraction of sp³-hybridized carbons (Fsp3) is 1.00. The SMILES string of the molecule is CN(C)S(=O)(=O)NC1CC(O)C1. The van der Waals surface area contributed by atoms with E-state index in [1.54, 1.807) is 0 Å². The molecule has 6 heteroatoms. The van der Waals surface area contributed by atoms with Gasteiger partial charge in [0, 0.05) is 20.1 Å². The van der Waals surface area contributed by atoms with Crippen molar-refractivity contribution in [1.82, 2.24) is 9.03 Å². The summed E-state index contributed by atoms with van der Waals surface area (Å²) in [6, 6.07) is -0.0904. The summed E-state index contributed by atoms with van der Waals surface area (Å²) >= 11 is 0. The van der Waals surface area contributed by atoms with Crippen LogP contribution >= 0.6 is 0 Å². The summed E-state index contributed by atoms with van der Waals surface area (Å²) < 4.78 is 25.9. The van der Waals surface area contributed by atoms with Crippen molar-refractivity contribution >= 4 is 10.2 Å². The van der Waals surface area contributed by atoms with Crippen molar-refractivity contribution in [2.45, 2.75) is 25.0 Å². The molecule has 0 unspecified atom stereocenters. The van der Waals surface area contributed by atoms with Gasteiger partial charge < -0.3 is 5.11 Å². The Morgan fingerprint density at radius 2 is 1.92 bits per heavy atom. The molecule has 1 saturated carbocycles. The van der Waals surface area contributed by atoms with Crippen LogP contribution in [0.25, 0.3) is 0 Å². The van der Waals surface area contributed by atoms with E-state index in [9.17, 15) is 8.42 Å². The Bertz CT molecular complexity index is 244. The van der Waals surface area contributed by atoms with Gasteiger partial charge in [0.1, 0.15) is 0 Å². The molecule has 2 N–H and O–H groups in total. The molecule has 0 radical (unpaired) electrons. The van der Waals surface area contributed by atoms with Gasteiger partial charge in [0.2, 0.25) is 0 Å². The van der Waals surface area contributed by atoms with Crippen molar-refractivity contribution in [1.29, 1.82) is 0 Å². The molecule has 0 spiro atoms. The van der Waals surface area contributed by atoms with Gasteiger partial charge in [-0.25, -0.2) is 0 Å². The molecule has 0 amide bonds. The number of aliphatic hydroxyl groups is 1. The molecule has 0 aromatic carbocycles. The molecule has 5 nitrogen and oxygen atoms in total. The third-order valence-corrected chi connectivity index (χ3v) is 3.50. The smallest absolute Gasteiger partial charge is 0.279 e. The van der Waals surface area contributed by atoms with E-state index in [0.717, 1.165) is 4.31 Å². The number of nitrogens with one attached hydrogen (secondary N) is 1. The molecule has 0 heterocycles. The molecule has 0 bridgehead atoms. The van der Waals surface area contributed by atoms with Gasteiger partial charge in [0.05, 0.1) is 6.10 Å². The molecule has 1 aliphatic rings. The minimum atomic E-state index is -3.31. The van der Waals surface area contributed by atoms with E-state index in [2.05, 4.69) is 4.72 Å². The van der Waals surface area contributed by atoms with E-state index < -0.39 is 10.2 Å². The standard InChI is InChI=1S/C6H14N2O3S/c1-8(2)12(10,11)7-5-3-6(9)4-5/h5-7,9H,3-4H2,1-2H3. The summed E-state index contributed by atoms with van der Waals surface area (Å²) in [6.07, 6.45) is 0.708. The summed E-state index contributed by atoms with van der Waals surface area (Å²) in [6.45, 7) is 0. The van der Waals surface area contributed by atoms with Crippen LogP contribution in [-0.4, -0.2) is 44.1 Å². The Kier molecular flexibility index (Phi) is 2.72. The summed E-state index contributed by atoms with van der Waals surface area (Å²) in [7, 11) is -0.370. The van der Waals surface area contributed by atoms with Gasteiger partial charge in [0.25, 0.3) is 10.2 Å². The normalized spacial score (nSPS) is 30.3. The zero-order valence-corrected chi connectivity index (χ0v) is 8.00. The molecule has 0 aliphatic heterocycles. The highest BCUT2D eigenvalue weighted by molar-refractivity contribution is 7.87. The minimum absolute atomic E-state index is 0.0904. The predicted octanol–water partition coefficient (Wildman–Crippen LogP) is -1.09. The van der Waals surface area contributed by atoms with Crippen LogP contribution in [0.5, 0.6) is 0 Å². The van der Waals surface area contributed by atoms with Crippen LogP contribution in [0, 0.1) is 0 Å². The Morgan fingerprint density at radius 1 is 1.42 bits per heavy atom. The maximum absolute atomic E-state index is 11.2. The van der Waals surface area contributed by atoms with E-state index in [0.29, 0.717) is 12.8 Å². The molecule has 1 aliphatic carbocycles. The van der Waals surface area contributed by atoms with Gasteiger partial charge in [0.15, 0.2) is 0 Å². The molecule has 72 valence electrons. The summed E-state index contributed by atoms with van der Waals surface area (Å²) in [4.78, 5) is 0. The van der Waals surface area contributed by atoms with Crippen molar-refractivity contribution in [3.05, 3.63) is 0 Å². The lowest BCUT2D eigenvalue weighted by atomic mass is 9.91. The van der Waals surface area contributed by atoms with Crippen molar-refractivity contribution in [3.8, 4) is 0 Å². The monoisotopic (exact) mass is 194 g/mol. The molecule has 1 rings (SSSR count). The maximum Gasteiger partial charge on any atom is 0.279 e. The first-order valence-electron chi connectivity index (χ1n) is 3.79. The van der Waals surface area contributed by atoms with Gasteiger partial charge in [-0.3, -0.25) is 0 Å². The third-order valence-electron chi connectivity index (χ3n) is 1.91. The predicted molar refractivity (Wildman–Crippen MR) is 44.8 cm³/mol. The Balaban J connectivity index is 2.42. The molecule has 12 heavy (non-hydrogen) atoms. The van der Waals surface area contributed by atoms with Crippen molar-refractivity contribution in [2.24, 2.45) is 0 Å². The molecule has 0 aromatic rings. The third kappa shape index (κ3) is 2.16. The van der Waals surface area contributed by atoms with Crippen LogP contribution in [0.2, 0.25) is 0 Å². The van der Waals surface area contributed by atoms with Crippen LogP contribution in [0.4, 0.5) is 0 Å². The van der Waals surface area contributed by atoms with Gasteiger partial charge in [-0.1, -0.05) is 0 Å². The average Bonchev–Trinajstić information content (AvgIpc) is 1.83. The number of nitrogens with zero attached hydrogens (tertiary/aromatic N) is 1. The van der Waals surface area contributed by atoms with Gasteiger partial charge >= 0.3 is 0 Å². The zero-order chi connectivity index (χ0) is 9.35. The Labute approximate surface area is 72.6 Å². The van der Waals surface area contributed by atoms with Crippen LogP contribution in [0.1, 0.15) is 12.8 Å². The fourth-order valence-corrected chi connectivity index (χ4v) is 1.82. The second-order valence-electron chi connectivity index (χ2n) is 3.23. The van der Waals surface area contributed by atoms with Crippen LogP contribution in [-0.2, 0) is 10.2 Å². The number of hydrogen-bond acceptors (Lipinski definition) is 3. The van der Waals surface area contributed by atoms with E-state index in [-0.39, 0.29) is 12.1 Å². The average molecular weight is 194 g/mol. The minimum Gasteiger partial charge on any atom is -0.393 e. The number of rotatable bonds is 3. The first-order chi connectivity index (χ1) is 5.42. The van der Waals surface area contributed by atoms with Crippen LogP contribution in [0.15, 0.2) is 0 Å². The lowest BCUT2D eigenvalue weighted by molar-refractivity contribution is 0.0707. The second-order valence-corrected chi connectivity index (χ2v) is 5.14. The highest BCUT2D eigenvalue weighted by Gasteiger charge is 2.31. The molecule has 0 saturated heterocycles. The molecular weight excluding hydrogens is 180 g/mol. The Hall–Kier alpha value is -0.170. The summed E-state index contributed by atoms with van der Waals surface area (Å²) in [5, 5.41) is 8.91. The highest BCUT2D eigenvalue weighted by Crippen LogP contribution is 2.20. The molecular formula is C6H14N2O3S. The van der Waals surface area contributed by atoms with E-state index in [1.165, 1.54) is 14.1 Å². The van der Waals surface area contributed by atoms with Gasteiger partial charge in [-0.05, 0) is 12.8 Å². The van der Waals surface area contributed by atoms with Crippen LogP contribution in [0.3, 0.4) is 0 Å². The van der Waals surface area contributed by atoms with Gasteiger partial charge in [-0.2, -0.15) is 17.4 Å². The van der Waals surface area contributed by atoms with Crippen molar-refractivity contribution in [2.75, 3.05) is 14.1 Å². The van der Waals surface area contributed by atoms with Crippen molar-refractivity contribution < 1.29 is 13.5 Å². The van der Waals surface area contributed by atoms with Crippen molar-refractivity contribution in [3.63, 3.8) is 0 Å². The zero-order valence-electron chi connectivity index (χ0n) is 7.19. The largest absolute Gasteiger partial charge is 0.393 e. The van der Waals surface area contributed by atoms with E-state index in [4.69, 9.17) is 5.11 Å². The quantitative estimate of drug-likeness (QED) is 0.599.